The molecule has 0 saturated carbocycles. The summed E-state index contributed by atoms with van der Waals surface area (Å²) in [5.74, 6) is -0.288. The topological polar surface area (TPSA) is 140 Å². The Morgan fingerprint density at radius 3 is 2.05 bits per heavy atom. The van der Waals surface area contributed by atoms with E-state index in [0.717, 1.165) is 12.1 Å². The van der Waals surface area contributed by atoms with Gasteiger partial charge in [0.1, 0.15) is 6.04 Å². The van der Waals surface area contributed by atoms with Crippen LogP contribution in [-0.4, -0.2) is 46.7 Å². The summed E-state index contributed by atoms with van der Waals surface area (Å²) in [6.45, 7) is 0.935. The van der Waals surface area contributed by atoms with E-state index in [-0.39, 0.29) is 24.2 Å². The molecule has 3 aromatic rings. The Hall–Kier alpha value is -4.70. The van der Waals surface area contributed by atoms with Gasteiger partial charge in [-0.1, -0.05) is 17.9 Å². The largest absolute Gasteiger partial charge is 0.391 e. The summed E-state index contributed by atoms with van der Waals surface area (Å²) in [7, 11) is 0. The van der Waals surface area contributed by atoms with Gasteiger partial charge < -0.3 is 21.1 Å². The van der Waals surface area contributed by atoms with Crippen molar-refractivity contribution in [3.05, 3.63) is 100 Å². The van der Waals surface area contributed by atoms with Crippen molar-refractivity contribution in [1.29, 1.82) is 0 Å². The van der Waals surface area contributed by atoms with Crippen LogP contribution >= 0.6 is 0 Å². The van der Waals surface area contributed by atoms with E-state index in [4.69, 9.17) is 5.21 Å². The second kappa shape index (κ2) is 13.9. The van der Waals surface area contributed by atoms with Crippen molar-refractivity contribution in [3.8, 4) is 11.8 Å². The van der Waals surface area contributed by atoms with Gasteiger partial charge in [-0.05, 0) is 61.5 Å². The number of aliphatic hydroxyl groups excluding tert-OH is 1. The second-order valence-electron chi connectivity index (χ2n) is 8.56. The summed E-state index contributed by atoms with van der Waals surface area (Å²) in [5, 5.41) is 26.0. The van der Waals surface area contributed by atoms with Crippen molar-refractivity contribution in [2.75, 3.05) is 11.9 Å². The lowest BCUT2D eigenvalue weighted by atomic mass is 10.1. The molecular formula is C28H25F3N4O5. The predicted molar refractivity (Wildman–Crippen MR) is 138 cm³/mol. The van der Waals surface area contributed by atoms with Crippen LogP contribution in [0.5, 0.6) is 0 Å². The molecule has 2 atom stereocenters. The molecule has 0 unspecified atom stereocenters. The van der Waals surface area contributed by atoms with Crippen LogP contribution in [0.3, 0.4) is 0 Å². The van der Waals surface area contributed by atoms with E-state index >= 15 is 0 Å². The summed E-state index contributed by atoms with van der Waals surface area (Å²) in [6, 6.07) is 13.4. The maximum absolute atomic E-state index is 13.7. The molecule has 40 heavy (non-hydrogen) atoms. The van der Waals surface area contributed by atoms with E-state index in [0.29, 0.717) is 16.8 Å². The first-order chi connectivity index (χ1) is 19.1. The molecule has 0 fully saturated rings. The Labute approximate surface area is 227 Å². The maximum Gasteiger partial charge on any atom is 0.268 e. The SMILES string of the molecule is C[C@@H](O)[C@H](NC(=O)c1ccc(C#Cc2ccc(NC(=O)CNCc3ccc(F)c(F)c3F)cc2)cc1)C(=O)NO. The zero-order valence-corrected chi connectivity index (χ0v) is 21.1. The number of carbonyl (C=O) groups is 3. The molecule has 6 N–H and O–H groups in total. The first-order valence-electron chi connectivity index (χ1n) is 11.9. The molecule has 12 heteroatoms. The summed E-state index contributed by atoms with van der Waals surface area (Å²) < 4.78 is 40.0. The molecule has 0 saturated heterocycles. The van der Waals surface area contributed by atoms with E-state index in [1.807, 2.05) is 0 Å². The van der Waals surface area contributed by atoms with Gasteiger partial charge >= 0.3 is 0 Å². The fraction of sp³-hybridized carbons (Fsp3) is 0.179. The van der Waals surface area contributed by atoms with Crippen molar-refractivity contribution >= 4 is 23.4 Å². The number of aliphatic hydroxyl groups is 1. The molecule has 0 radical (unpaired) electrons. The Balaban J connectivity index is 1.51. The number of halogens is 3. The minimum Gasteiger partial charge on any atom is -0.391 e. The molecule has 0 aliphatic carbocycles. The normalized spacial score (nSPS) is 11.9. The van der Waals surface area contributed by atoms with Gasteiger partial charge in [0.2, 0.25) is 5.91 Å². The van der Waals surface area contributed by atoms with Crippen LogP contribution in [0, 0.1) is 29.3 Å². The Kier molecular flexibility index (Phi) is 10.4. The molecule has 3 rings (SSSR count). The number of rotatable bonds is 9. The molecule has 208 valence electrons. The molecule has 0 heterocycles. The van der Waals surface area contributed by atoms with Gasteiger partial charge in [-0.3, -0.25) is 19.6 Å². The van der Waals surface area contributed by atoms with Crippen molar-refractivity contribution in [2.45, 2.75) is 25.6 Å². The maximum atomic E-state index is 13.7. The molecule has 3 amide bonds. The van der Waals surface area contributed by atoms with E-state index in [9.17, 15) is 32.7 Å². The molecule has 3 aromatic carbocycles. The van der Waals surface area contributed by atoms with E-state index in [1.165, 1.54) is 24.5 Å². The van der Waals surface area contributed by atoms with Crippen LogP contribution in [0.2, 0.25) is 0 Å². The monoisotopic (exact) mass is 554 g/mol. The lowest BCUT2D eigenvalue weighted by Gasteiger charge is -2.19. The number of hydrogen-bond donors (Lipinski definition) is 6. The summed E-state index contributed by atoms with van der Waals surface area (Å²) in [5.41, 5.74) is 3.21. The predicted octanol–water partition coefficient (Wildman–Crippen LogP) is 2.22. The summed E-state index contributed by atoms with van der Waals surface area (Å²) >= 11 is 0. The fourth-order valence-corrected chi connectivity index (χ4v) is 3.40. The number of carbonyl (C=O) groups excluding carboxylic acids is 3. The Morgan fingerprint density at radius 2 is 1.48 bits per heavy atom. The molecule has 0 spiro atoms. The zero-order valence-electron chi connectivity index (χ0n) is 21.1. The smallest absolute Gasteiger partial charge is 0.268 e. The van der Waals surface area contributed by atoms with Crippen LogP contribution in [0.1, 0.15) is 34.0 Å². The number of anilines is 1. The Bertz CT molecular complexity index is 1440. The first-order valence-corrected chi connectivity index (χ1v) is 11.9. The highest BCUT2D eigenvalue weighted by Gasteiger charge is 2.25. The molecule has 0 bridgehead atoms. The van der Waals surface area contributed by atoms with Gasteiger partial charge in [-0.25, -0.2) is 18.7 Å². The minimum absolute atomic E-state index is 0.107. The zero-order chi connectivity index (χ0) is 29.2. The number of nitrogens with one attached hydrogen (secondary N) is 4. The first kappa shape index (κ1) is 29.9. The van der Waals surface area contributed by atoms with Gasteiger partial charge in [0.05, 0.1) is 12.6 Å². The number of benzene rings is 3. The van der Waals surface area contributed by atoms with Crippen LogP contribution < -0.4 is 21.4 Å². The van der Waals surface area contributed by atoms with Gasteiger partial charge in [0, 0.05) is 34.5 Å². The van der Waals surface area contributed by atoms with Gasteiger partial charge in [0.25, 0.3) is 11.8 Å². The van der Waals surface area contributed by atoms with Gasteiger partial charge in [0.15, 0.2) is 17.5 Å². The summed E-state index contributed by atoms with van der Waals surface area (Å²) in [4.78, 5) is 36.0. The number of hydroxylamine groups is 1. The van der Waals surface area contributed by atoms with Crippen molar-refractivity contribution in [2.24, 2.45) is 0 Å². The van der Waals surface area contributed by atoms with Crippen LogP contribution in [-0.2, 0) is 16.1 Å². The Morgan fingerprint density at radius 1 is 0.875 bits per heavy atom. The van der Waals surface area contributed by atoms with Crippen LogP contribution in [0.15, 0.2) is 60.7 Å². The van der Waals surface area contributed by atoms with Crippen molar-refractivity contribution < 1.29 is 37.9 Å². The molecule has 9 nitrogen and oxygen atoms in total. The third-order valence-corrected chi connectivity index (χ3v) is 5.54. The van der Waals surface area contributed by atoms with E-state index < -0.39 is 47.3 Å². The lowest BCUT2D eigenvalue weighted by Crippen LogP contribution is -2.51. The summed E-state index contributed by atoms with van der Waals surface area (Å²) in [6.07, 6.45) is -1.23. The second-order valence-corrected chi connectivity index (χ2v) is 8.56. The average Bonchev–Trinajstić information content (AvgIpc) is 2.95. The average molecular weight is 555 g/mol. The fourth-order valence-electron chi connectivity index (χ4n) is 3.40. The molecular weight excluding hydrogens is 529 g/mol. The van der Waals surface area contributed by atoms with Gasteiger partial charge in [-0.15, -0.1) is 0 Å². The van der Waals surface area contributed by atoms with Gasteiger partial charge in [-0.2, -0.15) is 0 Å². The number of amides is 3. The highest BCUT2D eigenvalue weighted by molar-refractivity contribution is 5.97. The lowest BCUT2D eigenvalue weighted by molar-refractivity contribution is -0.133. The van der Waals surface area contributed by atoms with Crippen molar-refractivity contribution in [1.82, 2.24) is 16.1 Å². The molecule has 0 aliphatic rings. The van der Waals surface area contributed by atoms with E-state index in [2.05, 4.69) is 27.8 Å². The molecule has 0 aromatic heterocycles. The van der Waals surface area contributed by atoms with E-state index in [1.54, 1.807) is 36.4 Å². The minimum atomic E-state index is -1.56. The highest BCUT2D eigenvalue weighted by atomic mass is 19.2. The molecule has 0 aliphatic heterocycles. The number of hydrogen-bond acceptors (Lipinski definition) is 6. The van der Waals surface area contributed by atoms with Crippen LogP contribution in [0.4, 0.5) is 18.9 Å². The highest BCUT2D eigenvalue weighted by Crippen LogP contribution is 2.15. The van der Waals surface area contributed by atoms with Crippen LogP contribution in [0.25, 0.3) is 0 Å². The third kappa shape index (κ3) is 8.15. The van der Waals surface area contributed by atoms with Crippen molar-refractivity contribution in [3.63, 3.8) is 0 Å². The quantitative estimate of drug-likeness (QED) is 0.104. The standard InChI is InChI=1S/C28H25F3N4O5/c1-16(36)26(28(39)35-40)34-27(38)19-8-4-17(5-9-19)2-3-18-6-11-21(12-7-18)33-23(37)15-32-14-20-10-13-22(29)25(31)24(20)30/h4-13,16,26,32,36,40H,14-15H2,1H3,(H,33,37)(H,34,38)(H,35,39)/t16-,26+/m1/s1. The third-order valence-electron chi connectivity index (χ3n) is 5.54.